The summed E-state index contributed by atoms with van der Waals surface area (Å²) in [7, 11) is 0. The third-order valence-corrected chi connectivity index (χ3v) is 5.01. The summed E-state index contributed by atoms with van der Waals surface area (Å²) in [4.78, 5) is 13.7. The fourth-order valence-electron chi connectivity index (χ4n) is 4.03. The number of carbonyl (C=O) groups is 1. The maximum Gasteiger partial charge on any atom is 0.304 e. The Kier molecular flexibility index (Phi) is 5.68. The fraction of sp³-hybridized carbons (Fsp3) is 0.938. The van der Waals surface area contributed by atoms with Gasteiger partial charge in [0, 0.05) is 6.04 Å². The predicted molar refractivity (Wildman–Crippen MR) is 77.2 cm³/mol. The molecule has 2 rings (SSSR count). The van der Waals surface area contributed by atoms with Crippen LogP contribution in [0.4, 0.5) is 0 Å². The zero-order valence-electron chi connectivity index (χ0n) is 12.3. The van der Waals surface area contributed by atoms with Gasteiger partial charge in [0.05, 0.1) is 6.42 Å². The van der Waals surface area contributed by atoms with Crippen LogP contribution < -0.4 is 0 Å². The molecular formula is C16H29NO2. The first-order valence-electron chi connectivity index (χ1n) is 8.12. The van der Waals surface area contributed by atoms with Crippen molar-refractivity contribution in [3.05, 3.63) is 0 Å². The Hall–Kier alpha value is -0.570. The summed E-state index contributed by atoms with van der Waals surface area (Å²) in [5, 5.41) is 9.25. The predicted octanol–water partition coefficient (Wildman–Crippen LogP) is 3.53. The molecule has 0 bridgehead atoms. The van der Waals surface area contributed by atoms with Crippen molar-refractivity contribution in [2.24, 2.45) is 11.8 Å². The van der Waals surface area contributed by atoms with Crippen molar-refractivity contribution in [2.75, 3.05) is 13.1 Å². The molecule has 1 aliphatic heterocycles. The standard InChI is InChI=1S/C16H29NO2/c1-13-7-6-8-14(11-13)15(12-16(18)19)17-9-4-2-3-5-10-17/h13-15H,2-12H2,1H3,(H,18,19). The summed E-state index contributed by atoms with van der Waals surface area (Å²) >= 11 is 0. The molecular weight excluding hydrogens is 238 g/mol. The van der Waals surface area contributed by atoms with E-state index in [4.69, 9.17) is 0 Å². The Morgan fingerprint density at radius 1 is 1.16 bits per heavy atom. The van der Waals surface area contributed by atoms with E-state index in [2.05, 4.69) is 11.8 Å². The fourth-order valence-corrected chi connectivity index (χ4v) is 4.03. The maximum absolute atomic E-state index is 11.2. The molecule has 1 N–H and O–H groups in total. The van der Waals surface area contributed by atoms with Crippen LogP contribution in [0.1, 0.15) is 64.7 Å². The van der Waals surface area contributed by atoms with Gasteiger partial charge in [-0.25, -0.2) is 0 Å². The van der Waals surface area contributed by atoms with Crippen molar-refractivity contribution in [2.45, 2.75) is 70.8 Å². The van der Waals surface area contributed by atoms with E-state index in [0.29, 0.717) is 18.4 Å². The Balaban J connectivity index is 2.02. The normalized spacial score (nSPS) is 31.6. The van der Waals surface area contributed by atoms with E-state index in [1.165, 1.54) is 51.4 Å². The molecule has 0 aromatic carbocycles. The second-order valence-corrected chi connectivity index (χ2v) is 6.65. The van der Waals surface area contributed by atoms with Gasteiger partial charge in [0.25, 0.3) is 0 Å². The van der Waals surface area contributed by atoms with Gasteiger partial charge in [-0.05, 0) is 50.6 Å². The molecule has 0 aromatic heterocycles. The van der Waals surface area contributed by atoms with Crippen LogP contribution in [0.5, 0.6) is 0 Å². The second kappa shape index (κ2) is 7.28. The van der Waals surface area contributed by atoms with E-state index in [0.717, 1.165) is 19.0 Å². The molecule has 19 heavy (non-hydrogen) atoms. The number of nitrogens with zero attached hydrogens (tertiary/aromatic N) is 1. The highest BCUT2D eigenvalue weighted by molar-refractivity contribution is 5.67. The molecule has 110 valence electrons. The molecule has 0 radical (unpaired) electrons. The van der Waals surface area contributed by atoms with Gasteiger partial charge in [-0.3, -0.25) is 9.69 Å². The van der Waals surface area contributed by atoms with Crippen molar-refractivity contribution in [3.8, 4) is 0 Å². The average Bonchev–Trinajstić information content (AvgIpc) is 2.64. The zero-order valence-corrected chi connectivity index (χ0v) is 12.3. The molecule has 1 aliphatic carbocycles. The van der Waals surface area contributed by atoms with Gasteiger partial charge in [0.2, 0.25) is 0 Å². The smallest absolute Gasteiger partial charge is 0.304 e. The molecule has 2 fully saturated rings. The van der Waals surface area contributed by atoms with E-state index >= 15 is 0 Å². The number of carboxylic acid groups (broad SMARTS) is 1. The highest BCUT2D eigenvalue weighted by Gasteiger charge is 2.32. The zero-order chi connectivity index (χ0) is 13.7. The van der Waals surface area contributed by atoms with E-state index in [-0.39, 0.29) is 0 Å². The first kappa shape index (κ1) is 14.8. The van der Waals surface area contributed by atoms with Gasteiger partial charge in [-0.2, -0.15) is 0 Å². The van der Waals surface area contributed by atoms with E-state index in [1.807, 2.05) is 0 Å². The minimum absolute atomic E-state index is 0.290. The summed E-state index contributed by atoms with van der Waals surface area (Å²) in [6.45, 7) is 4.55. The van der Waals surface area contributed by atoms with Crippen LogP contribution in [0, 0.1) is 11.8 Å². The third-order valence-electron chi connectivity index (χ3n) is 5.01. The van der Waals surface area contributed by atoms with Crippen molar-refractivity contribution in [1.29, 1.82) is 0 Å². The first-order valence-corrected chi connectivity index (χ1v) is 8.12. The molecule has 1 heterocycles. The molecule has 0 amide bonds. The molecule has 3 heteroatoms. The molecule has 2 aliphatic rings. The number of rotatable bonds is 4. The van der Waals surface area contributed by atoms with Crippen LogP contribution >= 0.6 is 0 Å². The Bertz CT molecular complexity index is 282. The number of hydrogen-bond acceptors (Lipinski definition) is 2. The SMILES string of the molecule is CC1CCCC(C(CC(=O)O)N2CCCCCC2)C1. The van der Waals surface area contributed by atoms with Crippen LogP contribution in [-0.4, -0.2) is 35.1 Å². The molecule has 0 aromatic rings. The minimum atomic E-state index is -0.618. The van der Waals surface area contributed by atoms with Gasteiger partial charge in [0.15, 0.2) is 0 Å². The lowest BCUT2D eigenvalue weighted by atomic mass is 9.77. The van der Waals surface area contributed by atoms with Crippen LogP contribution in [0.2, 0.25) is 0 Å². The van der Waals surface area contributed by atoms with Gasteiger partial charge < -0.3 is 5.11 Å². The number of hydrogen-bond donors (Lipinski definition) is 1. The van der Waals surface area contributed by atoms with Gasteiger partial charge in [0.1, 0.15) is 0 Å². The molecule has 0 spiro atoms. The highest BCUT2D eigenvalue weighted by atomic mass is 16.4. The topological polar surface area (TPSA) is 40.5 Å². The molecule has 1 saturated heterocycles. The van der Waals surface area contributed by atoms with E-state index in [9.17, 15) is 9.90 Å². The maximum atomic E-state index is 11.2. The minimum Gasteiger partial charge on any atom is -0.481 e. The summed E-state index contributed by atoms with van der Waals surface area (Å²) in [6.07, 6.45) is 10.6. The number of aliphatic carboxylic acids is 1. The lowest BCUT2D eigenvalue weighted by Gasteiger charge is -2.39. The van der Waals surface area contributed by atoms with Crippen LogP contribution in [-0.2, 0) is 4.79 Å². The Morgan fingerprint density at radius 3 is 2.42 bits per heavy atom. The summed E-state index contributed by atoms with van der Waals surface area (Å²) in [6, 6.07) is 0.290. The second-order valence-electron chi connectivity index (χ2n) is 6.65. The van der Waals surface area contributed by atoms with Gasteiger partial charge in [-0.1, -0.05) is 32.6 Å². The molecule has 3 unspecified atom stereocenters. The Labute approximate surface area is 117 Å². The van der Waals surface area contributed by atoms with E-state index < -0.39 is 5.97 Å². The van der Waals surface area contributed by atoms with Crippen molar-refractivity contribution >= 4 is 5.97 Å². The monoisotopic (exact) mass is 267 g/mol. The van der Waals surface area contributed by atoms with Gasteiger partial charge in [-0.15, -0.1) is 0 Å². The van der Waals surface area contributed by atoms with Gasteiger partial charge >= 0.3 is 5.97 Å². The lowest BCUT2D eigenvalue weighted by molar-refractivity contribution is -0.139. The summed E-state index contributed by atoms with van der Waals surface area (Å²) in [5.41, 5.74) is 0. The van der Waals surface area contributed by atoms with Crippen LogP contribution in [0.15, 0.2) is 0 Å². The number of carboxylic acids is 1. The lowest BCUT2D eigenvalue weighted by Crippen LogP contribution is -2.44. The third kappa shape index (κ3) is 4.48. The summed E-state index contributed by atoms with van der Waals surface area (Å²) < 4.78 is 0. The highest BCUT2D eigenvalue weighted by Crippen LogP contribution is 2.34. The van der Waals surface area contributed by atoms with Crippen molar-refractivity contribution < 1.29 is 9.90 Å². The van der Waals surface area contributed by atoms with Crippen molar-refractivity contribution in [1.82, 2.24) is 4.90 Å². The molecule has 3 nitrogen and oxygen atoms in total. The molecule has 3 atom stereocenters. The quantitative estimate of drug-likeness (QED) is 0.847. The van der Waals surface area contributed by atoms with E-state index in [1.54, 1.807) is 0 Å². The molecule has 1 saturated carbocycles. The van der Waals surface area contributed by atoms with Crippen molar-refractivity contribution in [3.63, 3.8) is 0 Å². The summed E-state index contributed by atoms with van der Waals surface area (Å²) in [5.74, 6) is 0.771. The van der Waals surface area contributed by atoms with Crippen LogP contribution in [0.3, 0.4) is 0 Å². The first-order chi connectivity index (χ1) is 9.16. The number of likely N-dealkylation sites (tertiary alicyclic amines) is 1. The Morgan fingerprint density at radius 2 is 1.84 bits per heavy atom. The average molecular weight is 267 g/mol. The van der Waals surface area contributed by atoms with Crippen LogP contribution in [0.25, 0.3) is 0 Å². The largest absolute Gasteiger partial charge is 0.481 e.